The molecule has 0 saturated heterocycles. The molecule has 0 saturated carbocycles. The van der Waals surface area contributed by atoms with Crippen LogP contribution in [0.4, 0.5) is 14.6 Å². The third kappa shape index (κ3) is 4.14. The fourth-order valence-corrected chi connectivity index (χ4v) is 2.91. The number of halogens is 3. The molecular weight excluding hydrogens is 348 g/mol. The van der Waals surface area contributed by atoms with Crippen LogP contribution in [-0.4, -0.2) is 13.7 Å². The molecule has 120 valence electrons. The van der Waals surface area contributed by atoms with Crippen LogP contribution < -0.4 is 4.53 Å². The maximum atomic E-state index is 14.2. The fraction of sp³-hybridized carbons (Fsp3) is 0. The Hall–Kier alpha value is -2.25. The summed E-state index contributed by atoms with van der Waals surface area (Å²) in [5.41, 5.74) is 0.0239. The number of benzene rings is 2. The highest BCUT2D eigenvalue weighted by molar-refractivity contribution is 7.92. The second kappa shape index (κ2) is 6.89. The predicted molar refractivity (Wildman–Crippen MR) is 83.5 cm³/mol. The van der Waals surface area contributed by atoms with E-state index >= 15 is 0 Å². The summed E-state index contributed by atoms with van der Waals surface area (Å²) >= 11 is 5.16. The van der Waals surface area contributed by atoms with Crippen molar-refractivity contribution < 1.29 is 22.1 Å². The van der Waals surface area contributed by atoms with E-state index in [2.05, 4.69) is 0 Å². The van der Waals surface area contributed by atoms with Crippen molar-refractivity contribution in [2.45, 2.75) is 4.90 Å². The molecule has 2 aromatic rings. The molecule has 0 aliphatic rings. The summed E-state index contributed by atoms with van der Waals surface area (Å²) in [7, 11) is -4.47. The van der Waals surface area contributed by atoms with Crippen LogP contribution in [0.3, 0.4) is 0 Å². The zero-order valence-electron chi connectivity index (χ0n) is 11.5. The fourth-order valence-electron chi connectivity index (χ4n) is 1.73. The topological polar surface area (TPSA) is 54.5 Å². The van der Waals surface area contributed by atoms with Gasteiger partial charge in [-0.3, -0.25) is 4.79 Å². The zero-order valence-corrected chi connectivity index (χ0v) is 13.1. The molecule has 4 nitrogen and oxygen atoms in total. The first-order chi connectivity index (χ1) is 10.8. The largest absolute Gasteiger partial charge is 0.290 e. The average Bonchev–Trinajstić information content (AvgIpc) is 2.53. The maximum absolute atomic E-state index is 14.2. The van der Waals surface area contributed by atoms with Crippen LogP contribution >= 0.6 is 11.6 Å². The molecule has 0 atom stereocenters. The molecular formula is C15H10ClF2NO3S. The van der Waals surface area contributed by atoms with Gasteiger partial charge in [0, 0.05) is 0 Å². The third-order valence-electron chi connectivity index (χ3n) is 2.80. The van der Waals surface area contributed by atoms with Crippen LogP contribution in [0.5, 0.6) is 0 Å². The van der Waals surface area contributed by atoms with E-state index in [1.807, 2.05) is 0 Å². The molecule has 0 radical (unpaired) electrons. The third-order valence-corrected chi connectivity index (χ3v) is 4.41. The average molecular weight is 358 g/mol. The summed E-state index contributed by atoms with van der Waals surface area (Å²) in [6.45, 7) is 0. The Balaban J connectivity index is 2.37. The van der Waals surface area contributed by atoms with E-state index in [1.165, 1.54) is 30.3 Å². The zero-order chi connectivity index (χ0) is 17.0. The molecule has 0 aromatic heterocycles. The summed E-state index contributed by atoms with van der Waals surface area (Å²) in [6, 6.07) is 9.20. The molecule has 23 heavy (non-hydrogen) atoms. The molecule has 0 aliphatic heterocycles. The minimum Gasteiger partial charge on any atom is -0.276 e. The monoisotopic (exact) mass is 357 g/mol. The van der Waals surface area contributed by atoms with Gasteiger partial charge in [-0.2, -0.15) is 8.42 Å². The highest BCUT2D eigenvalue weighted by Crippen LogP contribution is 2.25. The van der Waals surface area contributed by atoms with Gasteiger partial charge in [0.25, 0.3) is 10.0 Å². The quantitative estimate of drug-likeness (QED) is 0.466. The Morgan fingerprint density at radius 3 is 2.39 bits per heavy atom. The maximum Gasteiger partial charge on any atom is 0.290 e. The smallest absolute Gasteiger partial charge is 0.276 e. The summed E-state index contributed by atoms with van der Waals surface area (Å²) in [5.74, 6) is -0.613. The first kappa shape index (κ1) is 17.1. The molecule has 2 rings (SSSR count). The molecule has 0 amide bonds. The minimum absolute atomic E-state index is 0.325. The van der Waals surface area contributed by atoms with Crippen LogP contribution in [0.1, 0.15) is 5.56 Å². The lowest BCUT2D eigenvalue weighted by Crippen LogP contribution is -2.22. The van der Waals surface area contributed by atoms with Crippen molar-refractivity contribution >= 4 is 38.6 Å². The highest BCUT2D eigenvalue weighted by atomic mass is 35.5. The predicted octanol–water partition coefficient (Wildman–Crippen LogP) is 3.68. The Bertz CT molecular complexity index is 851. The Morgan fingerprint density at radius 1 is 1.13 bits per heavy atom. The molecule has 0 heterocycles. The van der Waals surface area contributed by atoms with Crippen LogP contribution in [0, 0.1) is 5.82 Å². The van der Waals surface area contributed by atoms with Gasteiger partial charge in [0.2, 0.25) is 5.24 Å². The number of hydrogen-bond acceptors (Lipinski definition) is 3. The van der Waals surface area contributed by atoms with Gasteiger partial charge in [-0.05, 0) is 59.6 Å². The lowest BCUT2D eigenvalue weighted by atomic mass is 10.2. The molecule has 0 bridgehead atoms. The van der Waals surface area contributed by atoms with Crippen molar-refractivity contribution in [3.63, 3.8) is 0 Å². The molecule has 2 aromatic carbocycles. The summed E-state index contributed by atoms with van der Waals surface area (Å²) in [4.78, 5) is 10.4. The second-order valence-corrected chi connectivity index (χ2v) is 6.52. The van der Waals surface area contributed by atoms with E-state index in [0.717, 1.165) is 30.3 Å². The van der Waals surface area contributed by atoms with Crippen molar-refractivity contribution in [1.29, 1.82) is 0 Å². The van der Waals surface area contributed by atoms with Gasteiger partial charge in [0.1, 0.15) is 5.82 Å². The second-order valence-electron chi connectivity index (χ2n) is 4.41. The number of anilines is 1. The van der Waals surface area contributed by atoms with Gasteiger partial charge in [0.05, 0.1) is 10.6 Å². The number of nitrogens with zero attached hydrogens (tertiary/aromatic N) is 1. The van der Waals surface area contributed by atoms with E-state index in [0.29, 0.717) is 5.56 Å². The molecule has 8 heteroatoms. The Morgan fingerprint density at radius 2 is 1.78 bits per heavy atom. The van der Waals surface area contributed by atoms with Crippen molar-refractivity contribution in [1.82, 2.24) is 0 Å². The van der Waals surface area contributed by atoms with Gasteiger partial charge in [-0.15, -0.1) is 0 Å². The van der Waals surface area contributed by atoms with Crippen LogP contribution in [-0.2, 0) is 14.8 Å². The van der Waals surface area contributed by atoms with E-state index in [4.69, 9.17) is 11.6 Å². The van der Waals surface area contributed by atoms with Crippen LogP contribution in [0.15, 0.2) is 59.5 Å². The minimum atomic E-state index is -4.47. The van der Waals surface area contributed by atoms with Gasteiger partial charge < -0.3 is 0 Å². The van der Waals surface area contributed by atoms with Crippen molar-refractivity contribution in [3.05, 3.63) is 66.0 Å². The normalized spacial score (nSPS) is 11.6. The van der Waals surface area contributed by atoms with E-state index in [-0.39, 0.29) is 10.6 Å². The van der Waals surface area contributed by atoms with E-state index in [1.54, 1.807) is 0 Å². The van der Waals surface area contributed by atoms with Crippen LogP contribution in [0.25, 0.3) is 6.08 Å². The summed E-state index contributed by atoms with van der Waals surface area (Å²) < 4.78 is 51.1. The number of sulfonamides is 1. The molecule has 0 unspecified atom stereocenters. The lowest BCUT2D eigenvalue weighted by molar-refractivity contribution is -0.107. The van der Waals surface area contributed by atoms with Gasteiger partial charge in [-0.25, -0.2) is 4.39 Å². The van der Waals surface area contributed by atoms with Gasteiger partial charge in [0.15, 0.2) is 0 Å². The highest BCUT2D eigenvalue weighted by Gasteiger charge is 2.25. The van der Waals surface area contributed by atoms with Gasteiger partial charge >= 0.3 is 0 Å². The summed E-state index contributed by atoms with van der Waals surface area (Å²) in [5, 5.41) is -0.725. The van der Waals surface area contributed by atoms with Crippen molar-refractivity contribution in [2.75, 3.05) is 4.53 Å². The molecule has 0 N–H and O–H groups in total. The molecule has 0 aliphatic carbocycles. The SMILES string of the molecule is O=C(Cl)C=Cc1cccc(S(=O)(=O)N(F)c2ccc(F)cc2)c1. The van der Waals surface area contributed by atoms with Gasteiger partial charge in [-0.1, -0.05) is 27.2 Å². The van der Waals surface area contributed by atoms with E-state index < -0.39 is 25.6 Å². The molecule has 0 spiro atoms. The first-order valence-electron chi connectivity index (χ1n) is 6.25. The number of allylic oxidation sites excluding steroid dienone is 1. The van der Waals surface area contributed by atoms with Crippen molar-refractivity contribution in [3.8, 4) is 0 Å². The summed E-state index contributed by atoms with van der Waals surface area (Å²) in [6.07, 6.45) is 2.34. The Kier molecular flexibility index (Phi) is 5.12. The number of carbonyl (C=O) groups excluding carboxylic acids is 1. The first-order valence-corrected chi connectivity index (χ1v) is 8.07. The van der Waals surface area contributed by atoms with Crippen LogP contribution in [0.2, 0.25) is 0 Å². The Labute approximate surface area is 136 Å². The van der Waals surface area contributed by atoms with E-state index in [9.17, 15) is 22.1 Å². The number of rotatable bonds is 5. The number of carbonyl (C=O) groups is 1. The molecule has 0 fully saturated rings. The standard InChI is InChI=1S/C15H10ClF2NO3S/c16-15(20)9-4-11-2-1-3-14(10-11)23(21,22)19(18)13-7-5-12(17)6-8-13/h1-10H. The number of hydrogen-bond donors (Lipinski definition) is 0. The van der Waals surface area contributed by atoms with Crippen molar-refractivity contribution in [2.24, 2.45) is 0 Å². The lowest BCUT2D eigenvalue weighted by Gasteiger charge is -2.14.